The van der Waals surface area contributed by atoms with E-state index in [1.807, 2.05) is 0 Å². The van der Waals surface area contributed by atoms with Crippen molar-refractivity contribution in [2.24, 2.45) is 0 Å². The first-order valence-corrected chi connectivity index (χ1v) is 6.24. The summed E-state index contributed by atoms with van der Waals surface area (Å²) in [4.78, 5) is 0. The van der Waals surface area contributed by atoms with Crippen LogP contribution < -0.4 is 9.46 Å². The number of ether oxygens (including phenoxy) is 1. The number of phenols is 1. The average Bonchev–Trinajstić information content (AvgIpc) is 2.30. The Balaban J connectivity index is 3.17. The number of hydrogen-bond acceptors (Lipinski definition) is 5. The van der Waals surface area contributed by atoms with Crippen LogP contribution in [0.25, 0.3) is 0 Å². The average molecular weight is 256 g/mol. The Hall–Kier alpha value is -1.94. The van der Waals surface area contributed by atoms with E-state index in [1.54, 1.807) is 6.07 Å². The molecular formula is C10H12N2O4S. The lowest BCUT2D eigenvalue weighted by Crippen LogP contribution is -2.24. The highest BCUT2D eigenvalue weighted by Gasteiger charge is 2.23. The van der Waals surface area contributed by atoms with Gasteiger partial charge in [0.25, 0.3) is 0 Å². The lowest BCUT2D eigenvalue weighted by Gasteiger charge is -2.13. The summed E-state index contributed by atoms with van der Waals surface area (Å²) in [6, 6.07) is 5.93. The molecule has 1 aromatic rings. The molecule has 6 nitrogen and oxygen atoms in total. The SMILES string of the molecule is COc1cccc(O)c1NS(=O)(=O)C(C)C#N. The molecule has 92 valence electrons. The topological polar surface area (TPSA) is 99.4 Å². The van der Waals surface area contributed by atoms with Crippen LogP contribution in [0.4, 0.5) is 5.69 Å². The Kier molecular flexibility index (Phi) is 3.81. The van der Waals surface area contributed by atoms with Crippen molar-refractivity contribution in [3.8, 4) is 17.6 Å². The minimum atomic E-state index is -3.87. The first-order valence-electron chi connectivity index (χ1n) is 4.69. The first-order chi connectivity index (χ1) is 7.92. The van der Waals surface area contributed by atoms with Gasteiger partial charge in [-0.05, 0) is 19.1 Å². The molecule has 17 heavy (non-hydrogen) atoms. The first kappa shape index (κ1) is 13.1. The molecule has 0 radical (unpaired) electrons. The van der Waals surface area contributed by atoms with Crippen LogP contribution in [0.3, 0.4) is 0 Å². The van der Waals surface area contributed by atoms with Crippen molar-refractivity contribution in [2.75, 3.05) is 11.8 Å². The third kappa shape index (κ3) is 2.79. The Labute approximate surface area is 99.5 Å². The maximum atomic E-state index is 11.7. The molecule has 0 aromatic heterocycles. The van der Waals surface area contributed by atoms with E-state index in [0.29, 0.717) is 0 Å². The molecule has 0 aliphatic carbocycles. The van der Waals surface area contributed by atoms with Crippen molar-refractivity contribution in [2.45, 2.75) is 12.2 Å². The number of rotatable bonds is 4. The van der Waals surface area contributed by atoms with Crippen LogP contribution in [-0.4, -0.2) is 25.9 Å². The third-order valence-corrected chi connectivity index (χ3v) is 3.64. The fourth-order valence-corrected chi connectivity index (χ4v) is 1.90. The molecular weight excluding hydrogens is 244 g/mol. The van der Waals surface area contributed by atoms with Crippen LogP contribution in [0.2, 0.25) is 0 Å². The summed E-state index contributed by atoms with van der Waals surface area (Å²) in [6.07, 6.45) is 0. The maximum Gasteiger partial charge on any atom is 0.249 e. The summed E-state index contributed by atoms with van der Waals surface area (Å²) in [5.74, 6) is -0.0863. The van der Waals surface area contributed by atoms with Crippen LogP contribution in [0.1, 0.15) is 6.92 Å². The van der Waals surface area contributed by atoms with Crippen LogP contribution >= 0.6 is 0 Å². The third-order valence-electron chi connectivity index (χ3n) is 2.12. The molecule has 1 atom stereocenters. The molecule has 0 saturated heterocycles. The Morgan fingerprint density at radius 1 is 1.53 bits per heavy atom. The van der Waals surface area contributed by atoms with E-state index in [1.165, 1.54) is 32.2 Å². The number of anilines is 1. The predicted octanol–water partition coefficient (Wildman–Crippen LogP) is 1.05. The van der Waals surface area contributed by atoms with Crippen molar-refractivity contribution >= 4 is 15.7 Å². The zero-order chi connectivity index (χ0) is 13.1. The molecule has 0 aliphatic rings. The number of phenolic OH excluding ortho intramolecular Hbond substituents is 1. The molecule has 1 unspecified atom stereocenters. The highest BCUT2D eigenvalue weighted by atomic mass is 32.2. The summed E-state index contributed by atoms with van der Waals surface area (Å²) in [5, 5.41) is 16.9. The summed E-state index contributed by atoms with van der Waals surface area (Å²) in [7, 11) is -2.52. The number of nitriles is 1. The lowest BCUT2D eigenvalue weighted by molar-refractivity contribution is 0.411. The minimum Gasteiger partial charge on any atom is -0.506 e. The van der Waals surface area contributed by atoms with E-state index >= 15 is 0 Å². The van der Waals surface area contributed by atoms with Gasteiger partial charge in [0.15, 0.2) is 5.25 Å². The molecule has 0 spiro atoms. The number of para-hydroxylation sites is 1. The lowest BCUT2D eigenvalue weighted by atomic mass is 10.3. The zero-order valence-corrected chi connectivity index (χ0v) is 10.2. The number of nitrogens with zero attached hydrogens (tertiary/aromatic N) is 1. The predicted molar refractivity (Wildman–Crippen MR) is 62.3 cm³/mol. The number of methoxy groups -OCH3 is 1. The van der Waals surface area contributed by atoms with Gasteiger partial charge in [0.1, 0.15) is 17.2 Å². The van der Waals surface area contributed by atoms with E-state index < -0.39 is 15.3 Å². The molecule has 1 rings (SSSR count). The second kappa shape index (κ2) is 4.93. The van der Waals surface area contributed by atoms with Gasteiger partial charge in [0, 0.05) is 0 Å². The number of nitrogens with one attached hydrogen (secondary N) is 1. The second-order valence-corrected chi connectivity index (χ2v) is 5.27. The number of aromatic hydroxyl groups is 1. The summed E-state index contributed by atoms with van der Waals surface area (Å²) in [6.45, 7) is 1.24. The normalized spacial score (nSPS) is 12.5. The molecule has 0 fully saturated rings. The van der Waals surface area contributed by atoms with Gasteiger partial charge >= 0.3 is 0 Å². The van der Waals surface area contributed by atoms with Gasteiger partial charge in [-0.2, -0.15) is 5.26 Å². The van der Waals surface area contributed by atoms with Crippen molar-refractivity contribution in [3.63, 3.8) is 0 Å². The van der Waals surface area contributed by atoms with Gasteiger partial charge in [0.05, 0.1) is 13.2 Å². The van der Waals surface area contributed by atoms with Crippen LogP contribution in [0.5, 0.6) is 11.5 Å². The van der Waals surface area contributed by atoms with Gasteiger partial charge < -0.3 is 9.84 Å². The van der Waals surface area contributed by atoms with E-state index in [2.05, 4.69) is 4.72 Å². The van der Waals surface area contributed by atoms with E-state index in [4.69, 9.17) is 10.00 Å². The summed E-state index contributed by atoms with van der Waals surface area (Å²) < 4.78 is 30.3. The van der Waals surface area contributed by atoms with Crippen LogP contribution in [0, 0.1) is 11.3 Å². The Morgan fingerprint density at radius 2 is 2.18 bits per heavy atom. The van der Waals surface area contributed by atoms with Crippen LogP contribution in [0.15, 0.2) is 18.2 Å². The van der Waals surface area contributed by atoms with Crippen molar-refractivity contribution in [1.29, 1.82) is 5.26 Å². The number of hydrogen-bond donors (Lipinski definition) is 2. The molecule has 0 heterocycles. The fourth-order valence-electron chi connectivity index (χ4n) is 1.09. The molecule has 0 saturated carbocycles. The van der Waals surface area contributed by atoms with Crippen molar-refractivity contribution in [3.05, 3.63) is 18.2 Å². The van der Waals surface area contributed by atoms with Gasteiger partial charge in [-0.15, -0.1) is 0 Å². The Bertz CT molecular complexity index is 548. The van der Waals surface area contributed by atoms with E-state index in [9.17, 15) is 13.5 Å². The fraction of sp³-hybridized carbons (Fsp3) is 0.300. The molecule has 7 heteroatoms. The quantitative estimate of drug-likeness (QED) is 0.784. The van der Waals surface area contributed by atoms with Gasteiger partial charge in [-0.25, -0.2) is 8.42 Å². The van der Waals surface area contributed by atoms with E-state index in [0.717, 1.165) is 0 Å². The second-order valence-electron chi connectivity index (χ2n) is 3.27. The van der Waals surface area contributed by atoms with E-state index in [-0.39, 0.29) is 17.2 Å². The largest absolute Gasteiger partial charge is 0.506 e. The van der Waals surface area contributed by atoms with Crippen molar-refractivity contribution < 1.29 is 18.3 Å². The minimum absolute atomic E-state index is 0.0721. The Morgan fingerprint density at radius 3 is 2.71 bits per heavy atom. The maximum absolute atomic E-state index is 11.7. The molecule has 0 bridgehead atoms. The number of benzene rings is 1. The highest BCUT2D eigenvalue weighted by Crippen LogP contribution is 2.34. The molecule has 0 amide bonds. The van der Waals surface area contributed by atoms with Crippen LogP contribution in [-0.2, 0) is 10.0 Å². The summed E-state index contributed by atoms with van der Waals surface area (Å²) >= 11 is 0. The highest BCUT2D eigenvalue weighted by molar-refractivity contribution is 7.93. The zero-order valence-electron chi connectivity index (χ0n) is 9.34. The van der Waals surface area contributed by atoms with Gasteiger partial charge in [-0.1, -0.05) is 6.07 Å². The standard InChI is InChI=1S/C10H12N2O4S/c1-7(6-11)17(14,15)12-10-8(13)4-3-5-9(10)16-2/h3-5,7,12-13H,1-2H3. The smallest absolute Gasteiger partial charge is 0.249 e. The summed E-state index contributed by atoms with van der Waals surface area (Å²) in [5.41, 5.74) is -0.0721. The van der Waals surface area contributed by atoms with Gasteiger partial charge in [-0.3, -0.25) is 4.72 Å². The number of sulfonamides is 1. The molecule has 2 N–H and O–H groups in total. The monoisotopic (exact) mass is 256 g/mol. The van der Waals surface area contributed by atoms with Gasteiger partial charge in [0.2, 0.25) is 10.0 Å². The molecule has 1 aromatic carbocycles. The van der Waals surface area contributed by atoms with Crippen molar-refractivity contribution in [1.82, 2.24) is 0 Å². The molecule has 0 aliphatic heterocycles.